The van der Waals surface area contributed by atoms with Crippen LogP contribution in [-0.4, -0.2) is 35.9 Å². The maximum atomic E-state index is 5.65. The molecular formula is C17H24N2O3. The van der Waals surface area contributed by atoms with Crippen LogP contribution in [0, 0.1) is 0 Å². The standard InChI is InChI=1S/C17H24N2O3/c1-4-20-16(21-5-2)12-14-13-19(18-17(14)22-6-3)15-10-8-7-9-11-15/h7-11,13,16H,4-6,12H2,1-3H3. The van der Waals surface area contributed by atoms with Crippen LogP contribution >= 0.6 is 0 Å². The fourth-order valence-corrected chi connectivity index (χ4v) is 2.22. The van der Waals surface area contributed by atoms with Gasteiger partial charge >= 0.3 is 0 Å². The normalized spacial score (nSPS) is 11.1. The molecule has 1 aromatic heterocycles. The van der Waals surface area contributed by atoms with E-state index in [0.717, 1.165) is 11.3 Å². The molecule has 0 saturated carbocycles. The number of hydrogen-bond donors (Lipinski definition) is 0. The Kier molecular flexibility index (Phi) is 6.43. The van der Waals surface area contributed by atoms with Gasteiger partial charge in [0.25, 0.3) is 0 Å². The maximum absolute atomic E-state index is 5.65. The number of ether oxygens (including phenoxy) is 3. The SMILES string of the molecule is CCOc1nn(-c2ccccc2)cc1CC(OCC)OCC. The van der Waals surface area contributed by atoms with Crippen molar-refractivity contribution >= 4 is 0 Å². The second-order valence-electron chi connectivity index (χ2n) is 4.72. The largest absolute Gasteiger partial charge is 0.477 e. The molecule has 0 radical (unpaired) electrons. The molecule has 0 aliphatic heterocycles. The first-order valence-corrected chi connectivity index (χ1v) is 7.78. The quantitative estimate of drug-likeness (QED) is 0.667. The van der Waals surface area contributed by atoms with E-state index in [2.05, 4.69) is 5.10 Å². The monoisotopic (exact) mass is 304 g/mol. The molecule has 0 saturated heterocycles. The van der Waals surface area contributed by atoms with Crippen LogP contribution in [0.1, 0.15) is 26.3 Å². The molecule has 0 fully saturated rings. The molecule has 0 N–H and O–H groups in total. The Hall–Kier alpha value is -1.85. The lowest BCUT2D eigenvalue weighted by Crippen LogP contribution is -2.20. The van der Waals surface area contributed by atoms with Crippen molar-refractivity contribution in [3.63, 3.8) is 0 Å². The van der Waals surface area contributed by atoms with Crippen molar-refractivity contribution in [2.24, 2.45) is 0 Å². The second kappa shape index (κ2) is 8.56. The van der Waals surface area contributed by atoms with Gasteiger partial charge in [0, 0.05) is 31.4 Å². The maximum Gasteiger partial charge on any atom is 0.236 e. The van der Waals surface area contributed by atoms with E-state index in [1.165, 1.54) is 0 Å². The van der Waals surface area contributed by atoms with Gasteiger partial charge in [0.05, 0.1) is 12.3 Å². The minimum absolute atomic E-state index is 0.275. The summed E-state index contributed by atoms with van der Waals surface area (Å²) in [6.07, 6.45) is 2.32. The summed E-state index contributed by atoms with van der Waals surface area (Å²) >= 11 is 0. The van der Waals surface area contributed by atoms with Crippen LogP contribution < -0.4 is 4.74 Å². The molecule has 1 heterocycles. The molecule has 0 aliphatic rings. The Bertz CT molecular complexity index is 548. The number of benzene rings is 1. The third kappa shape index (κ3) is 4.32. The number of aromatic nitrogens is 2. The summed E-state index contributed by atoms with van der Waals surface area (Å²) < 4.78 is 18.7. The molecule has 2 aromatic rings. The Balaban J connectivity index is 2.23. The summed E-state index contributed by atoms with van der Waals surface area (Å²) in [5, 5.41) is 4.53. The molecule has 22 heavy (non-hydrogen) atoms. The molecule has 0 aliphatic carbocycles. The van der Waals surface area contributed by atoms with Gasteiger partial charge in [-0.15, -0.1) is 5.10 Å². The van der Waals surface area contributed by atoms with Crippen LogP contribution in [0.15, 0.2) is 36.5 Å². The van der Waals surface area contributed by atoms with Crippen molar-refractivity contribution in [2.75, 3.05) is 19.8 Å². The third-order valence-electron chi connectivity index (χ3n) is 3.14. The van der Waals surface area contributed by atoms with Crippen molar-refractivity contribution < 1.29 is 14.2 Å². The lowest BCUT2D eigenvalue weighted by Gasteiger charge is -2.16. The molecular weight excluding hydrogens is 280 g/mol. The summed E-state index contributed by atoms with van der Waals surface area (Å²) in [4.78, 5) is 0. The van der Waals surface area contributed by atoms with Gasteiger partial charge in [0.2, 0.25) is 5.88 Å². The molecule has 120 valence electrons. The first kappa shape index (κ1) is 16.5. The van der Waals surface area contributed by atoms with E-state index in [1.807, 2.05) is 62.0 Å². The molecule has 5 nitrogen and oxygen atoms in total. The fourth-order valence-electron chi connectivity index (χ4n) is 2.22. The van der Waals surface area contributed by atoms with Crippen LogP contribution in [0.2, 0.25) is 0 Å². The van der Waals surface area contributed by atoms with Gasteiger partial charge in [-0.3, -0.25) is 0 Å². The summed E-state index contributed by atoms with van der Waals surface area (Å²) in [5.74, 6) is 0.635. The first-order chi connectivity index (χ1) is 10.8. The van der Waals surface area contributed by atoms with Gasteiger partial charge in [-0.2, -0.15) is 0 Å². The summed E-state index contributed by atoms with van der Waals surface area (Å²) in [6, 6.07) is 9.97. The van der Waals surface area contributed by atoms with Crippen molar-refractivity contribution in [1.82, 2.24) is 9.78 Å². The topological polar surface area (TPSA) is 45.5 Å². The number of nitrogens with zero attached hydrogens (tertiary/aromatic N) is 2. The summed E-state index contributed by atoms with van der Waals surface area (Å²) in [6.45, 7) is 7.68. The van der Waals surface area contributed by atoms with Crippen LogP contribution in [0.5, 0.6) is 5.88 Å². The minimum atomic E-state index is -0.275. The summed E-state index contributed by atoms with van der Waals surface area (Å²) in [7, 11) is 0. The third-order valence-corrected chi connectivity index (χ3v) is 3.14. The van der Waals surface area contributed by atoms with Crippen molar-refractivity contribution in [2.45, 2.75) is 33.5 Å². The molecule has 0 amide bonds. The van der Waals surface area contributed by atoms with E-state index in [9.17, 15) is 0 Å². The molecule has 1 aromatic carbocycles. The summed E-state index contributed by atoms with van der Waals surface area (Å²) in [5.41, 5.74) is 1.98. The van der Waals surface area contributed by atoms with Gasteiger partial charge in [-0.25, -0.2) is 4.68 Å². The van der Waals surface area contributed by atoms with Crippen LogP contribution in [0.4, 0.5) is 0 Å². The predicted octanol–water partition coefficient (Wildman–Crippen LogP) is 3.21. The zero-order chi connectivity index (χ0) is 15.8. The Morgan fingerprint density at radius 2 is 1.68 bits per heavy atom. The van der Waals surface area contributed by atoms with Gasteiger partial charge in [0.15, 0.2) is 6.29 Å². The molecule has 0 unspecified atom stereocenters. The van der Waals surface area contributed by atoms with Crippen molar-refractivity contribution in [3.05, 3.63) is 42.1 Å². The Morgan fingerprint density at radius 1 is 1.00 bits per heavy atom. The highest BCUT2D eigenvalue weighted by Crippen LogP contribution is 2.21. The fraction of sp³-hybridized carbons (Fsp3) is 0.471. The average Bonchev–Trinajstić information content (AvgIpc) is 2.92. The smallest absolute Gasteiger partial charge is 0.236 e. The van der Waals surface area contributed by atoms with Gasteiger partial charge in [-0.05, 0) is 32.9 Å². The molecule has 0 spiro atoms. The van der Waals surface area contributed by atoms with Crippen LogP contribution in [0.3, 0.4) is 0 Å². The van der Waals surface area contributed by atoms with Crippen molar-refractivity contribution in [1.29, 1.82) is 0 Å². The number of para-hydroxylation sites is 1. The minimum Gasteiger partial charge on any atom is -0.477 e. The highest BCUT2D eigenvalue weighted by atomic mass is 16.7. The van der Waals surface area contributed by atoms with Crippen molar-refractivity contribution in [3.8, 4) is 11.6 Å². The zero-order valence-corrected chi connectivity index (χ0v) is 13.5. The predicted molar refractivity (Wildman–Crippen MR) is 85.5 cm³/mol. The average molecular weight is 304 g/mol. The lowest BCUT2D eigenvalue weighted by molar-refractivity contribution is -0.134. The van der Waals surface area contributed by atoms with E-state index < -0.39 is 0 Å². The lowest BCUT2D eigenvalue weighted by atomic mass is 10.2. The number of hydrogen-bond acceptors (Lipinski definition) is 4. The molecule has 0 bridgehead atoms. The number of rotatable bonds is 9. The Morgan fingerprint density at radius 3 is 2.27 bits per heavy atom. The molecule has 0 atom stereocenters. The van der Waals surface area contributed by atoms with E-state index in [4.69, 9.17) is 14.2 Å². The van der Waals surface area contributed by atoms with E-state index in [0.29, 0.717) is 32.1 Å². The van der Waals surface area contributed by atoms with Gasteiger partial charge in [-0.1, -0.05) is 18.2 Å². The Labute approximate surface area is 131 Å². The van der Waals surface area contributed by atoms with Crippen LogP contribution in [-0.2, 0) is 15.9 Å². The molecule has 5 heteroatoms. The van der Waals surface area contributed by atoms with Gasteiger partial charge < -0.3 is 14.2 Å². The van der Waals surface area contributed by atoms with E-state index in [1.54, 1.807) is 0 Å². The van der Waals surface area contributed by atoms with Crippen LogP contribution in [0.25, 0.3) is 5.69 Å². The van der Waals surface area contributed by atoms with Gasteiger partial charge in [0.1, 0.15) is 0 Å². The highest BCUT2D eigenvalue weighted by molar-refractivity contribution is 5.34. The first-order valence-electron chi connectivity index (χ1n) is 7.78. The van der Waals surface area contributed by atoms with E-state index in [-0.39, 0.29) is 6.29 Å². The molecule has 2 rings (SSSR count). The van der Waals surface area contributed by atoms with E-state index >= 15 is 0 Å². The highest BCUT2D eigenvalue weighted by Gasteiger charge is 2.17. The zero-order valence-electron chi connectivity index (χ0n) is 13.5. The second-order valence-corrected chi connectivity index (χ2v) is 4.72.